The molecule has 0 unspecified atom stereocenters. The molecule has 0 aliphatic carbocycles. The quantitative estimate of drug-likeness (QED) is 0.673. The molecule has 1 rings (SSSR count). The highest BCUT2D eigenvalue weighted by molar-refractivity contribution is 5.75. The second-order valence-corrected chi connectivity index (χ2v) is 2.89. The van der Waals surface area contributed by atoms with Gasteiger partial charge in [0.05, 0.1) is 5.56 Å². The normalized spacial score (nSPS) is 11.4. The molecular weight excluding hydrogens is 193 g/mol. The zero-order valence-corrected chi connectivity index (χ0v) is 7.56. The van der Waals surface area contributed by atoms with Crippen LogP contribution in [0, 0.1) is 0 Å². The van der Waals surface area contributed by atoms with E-state index in [-0.39, 0.29) is 17.5 Å². The molecule has 0 radical (unpaired) electrons. The molecule has 0 heterocycles. The first-order valence-corrected chi connectivity index (χ1v) is 4.14. The molecule has 0 aliphatic rings. The average Bonchev–Trinajstić information content (AvgIpc) is 2.15. The van der Waals surface area contributed by atoms with Crippen molar-refractivity contribution in [1.82, 2.24) is 0 Å². The minimum absolute atomic E-state index is 0.155. The van der Waals surface area contributed by atoms with Crippen LogP contribution in [0.1, 0.15) is 28.4 Å². The Kier molecular flexibility index (Phi) is 2.93. The van der Waals surface area contributed by atoms with Gasteiger partial charge in [0.2, 0.25) is 0 Å². The van der Waals surface area contributed by atoms with Crippen molar-refractivity contribution in [3.63, 3.8) is 0 Å². The highest BCUT2D eigenvalue weighted by Crippen LogP contribution is 2.32. The Labute approximate surface area is 79.5 Å². The van der Waals surface area contributed by atoms with Crippen LogP contribution in [-0.4, -0.2) is 6.29 Å². The third-order valence-electron chi connectivity index (χ3n) is 1.95. The molecule has 0 bridgehead atoms. The molecule has 1 nitrogen and oxygen atoms in total. The van der Waals surface area contributed by atoms with Gasteiger partial charge >= 0.3 is 6.18 Å². The van der Waals surface area contributed by atoms with Gasteiger partial charge in [-0.2, -0.15) is 13.2 Å². The number of aldehydes is 1. The van der Waals surface area contributed by atoms with Gasteiger partial charge in [0, 0.05) is 5.56 Å². The van der Waals surface area contributed by atoms with E-state index in [0.29, 0.717) is 6.29 Å². The van der Waals surface area contributed by atoms with Crippen molar-refractivity contribution >= 4 is 6.29 Å². The van der Waals surface area contributed by atoms with Gasteiger partial charge in [-0.05, 0) is 24.1 Å². The van der Waals surface area contributed by atoms with Crippen LogP contribution in [0.2, 0.25) is 0 Å². The standard InChI is InChI=1S/C10H9F3O/c1-2-8-5-7(6-14)3-4-9(8)10(11,12)13/h3-6H,2H2,1H3. The smallest absolute Gasteiger partial charge is 0.298 e. The Morgan fingerprint density at radius 2 is 2.00 bits per heavy atom. The molecule has 4 heteroatoms. The van der Waals surface area contributed by atoms with Crippen molar-refractivity contribution in [1.29, 1.82) is 0 Å². The van der Waals surface area contributed by atoms with E-state index in [2.05, 4.69) is 0 Å². The number of alkyl halides is 3. The van der Waals surface area contributed by atoms with Gasteiger partial charge in [0.25, 0.3) is 0 Å². The number of carbonyl (C=O) groups excluding carboxylic acids is 1. The summed E-state index contributed by atoms with van der Waals surface area (Å²) >= 11 is 0. The summed E-state index contributed by atoms with van der Waals surface area (Å²) < 4.78 is 37.1. The third kappa shape index (κ3) is 2.13. The van der Waals surface area contributed by atoms with Gasteiger partial charge in [-0.25, -0.2) is 0 Å². The number of benzene rings is 1. The Bertz CT molecular complexity index is 342. The number of aryl methyl sites for hydroxylation is 1. The van der Waals surface area contributed by atoms with Gasteiger partial charge in [-0.15, -0.1) is 0 Å². The number of halogens is 3. The molecule has 0 aromatic heterocycles. The molecule has 0 spiro atoms. The Morgan fingerprint density at radius 1 is 1.36 bits per heavy atom. The van der Waals surface area contributed by atoms with E-state index in [0.717, 1.165) is 6.07 Å². The molecule has 76 valence electrons. The molecule has 0 N–H and O–H groups in total. The van der Waals surface area contributed by atoms with E-state index in [1.165, 1.54) is 12.1 Å². The molecular formula is C10H9F3O. The summed E-state index contributed by atoms with van der Waals surface area (Å²) in [5, 5.41) is 0. The van der Waals surface area contributed by atoms with E-state index < -0.39 is 11.7 Å². The lowest BCUT2D eigenvalue weighted by molar-refractivity contribution is -0.138. The lowest BCUT2D eigenvalue weighted by atomic mass is 10.0. The summed E-state index contributed by atoms with van der Waals surface area (Å²) in [6.45, 7) is 1.62. The Balaban J connectivity index is 3.25. The number of hydrogen-bond acceptors (Lipinski definition) is 1. The van der Waals surface area contributed by atoms with Gasteiger partial charge in [-0.3, -0.25) is 4.79 Å². The minimum atomic E-state index is -4.34. The highest BCUT2D eigenvalue weighted by atomic mass is 19.4. The van der Waals surface area contributed by atoms with Crippen LogP contribution in [0.25, 0.3) is 0 Å². The van der Waals surface area contributed by atoms with Crippen LogP contribution in [-0.2, 0) is 12.6 Å². The lowest BCUT2D eigenvalue weighted by Crippen LogP contribution is -2.09. The van der Waals surface area contributed by atoms with E-state index in [1.54, 1.807) is 6.92 Å². The van der Waals surface area contributed by atoms with E-state index in [9.17, 15) is 18.0 Å². The van der Waals surface area contributed by atoms with Crippen molar-refractivity contribution in [2.24, 2.45) is 0 Å². The average molecular weight is 202 g/mol. The lowest BCUT2D eigenvalue weighted by Gasteiger charge is -2.11. The fourth-order valence-corrected chi connectivity index (χ4v) is 1.26. The summed E-state index contributed by atoms with van der Waals surface area (Å²) in [5.41, 5.74) is -0.234. The fraction of sp³-hybridized carbons (Fsp3) is 0.300. The third-order valence-corrected chi connectivity index (χ3v) is 1.95. The van der Waals surface area contributed by atoms with Crippen molar-refractivity contribution in [2.75, 3.05) is 0 Å². The second kappa shape index (κ2) is 3.82. The van der Waals surface area contributed by atoms with Gasteiger partial charge in [-0.1, -0.05) is 13.0 Å². The summed E-state index contributed by atoms with van der Waals surface area (Å²) in [7, 11) is 0. The van der Waals surface area contributed by atoms with Crippen molar-refractivity contribution < 1.29 is 18.0 Å². The summed E-state index contributed by atoms with van der Waals surface area (Å²) in [6.07, 6.45) is -3.54. The van der Waals surface area contributed by atoms with E-state index in [1.807, 2.05) is 0 Å². The topological polar surface area (TPSA) is 17.1 Å². The van der Waals surface area contributed by atoms with Crippen LogP contribution < -0.4 is 0 Å². The zero-order valence-electron chi connectivity index (χ0n) is 7.56. The summed E-state index contributed by atoms with van der Waals surface area (Å²) in [6, 6.07) is 3.40. The largest absolute Gasteiger partial charge is 0.416 e. The molecule has 0 saturated heterocycles. The fourth-order valence-electron chi connectivity index (χ4n) is 1.26. The SMILES string of the molecule is CCc1cc(C=O)ccc1C(F)(F)F. The van der Waals surface area contributed by atoms with Crippen molar-refractivity contribution in [2.45, 2.75) is 19.5 Å². The van der Waals surface area contributed by atoms with Crippen molar-refractivity contribution in [3.8, 4) is 0 Å². The Hall–Kier alpha value is -1.32. The van der Waals surface area contributed by atoms with Gasteiger partial charge in [0.1, 0.15) is 6.29 Å². The molecule has 0 amide bonds. The molecule has 1 aromatic rings. The molecule has 0 saturated carbocycles. The van der Waals surface area contributed by atoms with Crippen molar-refractivity contribution in [3.05, 3.63) is 34.9 Å². The molecule has 0 aliphatic heterocycles. The molecule has 0 fully saturated rings. The second-order valence-electron chi connectivity index (χ2n) is 2.89. The number of carbonyl (C=O) groups is 1. The predicted molar refractivity (Wildman–Crippen MR) is 46.2 cm³/mol. The van der Waals surface area contributed by atoms with Crippen LogP contribution in [0.4, 0.5) is 13.2 Å². The van der Waals surface area contributed by atoms with Gasteiger partial charge < -0.3 is 0 Å². The van der Waals surface area contributed by atoms with Crippen LogP contribution in [0.5, 0.6) is 0 Å². The van der Waals surface area contributed by atoms with Crippen LogP contribution in [0.15, 0.2) is 18.2 Å². The molecule has 0 atom stereocenters. The van der Waals surface area contributed by atoms with E-state index >= 15 is 0 Å². The maximum atomic E-state index is 12.4. The predicted octanol–water partition coefficient (Wildman–Crippen LogP) is 3.08. The Morgan fingerprint density at radius 3 is 2.43 bits per heavy atom. The monoisotopic (exact) mass is 202 g/mol. The first-order valence-electron chi connectivity index (χ1n) is 4.14. The minimum Gasteiger partial charge on any atom is -0.298 e. The number of rotatable bonds is 2. The summed E-state index contributed by atoms with van der Waals surface area (Å²) in [4.78, 5) is 10.4. The zero-order chi connectivity index (χ0) is 10.8. The van der Waals surface area contributed by atoms with Crippen LogP contribution in [0.3, 0.4) is 0 Å². The molecule has 1 aromatic carbocycles. The first-order chi connectivity index (χ1) is 6.49. The number of hydrogen-bond donors (Lipinski definition) is 0. The van der Waals surface area contributed by atoms with Crippen LogP contribution >= 0.6 is 0 Å². The maximum Gasteiger partial charge on any atom is 0.416 e. The van der Waals surface area contributed by atoms with E-state index in [4.69, 9.17) is 0 Å². The highest BCUT2D eigenvalue weighted by Gasteiger charge is 2.32. The van der Waals surface area contributed by atoms with Gasteiger partial charge in [0.15, 0.2) is 0 Å². The maximum absolute atomic E-state index is 12.4. The first kappa shape index (κ1) is 10.8. The summed E-state index contributed by atoms with van der Waals surface area (Å²) in [5.74, 6) is 0. The molecule has 14 heavy (non-hydrogen) atoms.